The van der Waals surface area contributed by atoms with Crippen LogP contribution in [0.25, 0.3) is 0 Å². The molecular formula is C31H34F4N4O4. The summed E-state index contributed by atoms with van der Waals surface area (Å²) < 4.78 is 68.1. The summed E-state index contributed by atoms with van der Waals surface area (Å²) in [6.45, 7) is 6.21. The van der Waals surface area contributed by atoms with Crippen LogP contribution in [0.1, 0.15) is 49.8 Å². The number of carbonyl (C=O) groups is 2. The van der Waals surface area contributed by atoms with E-state index in [9.17, 15) is 27.2 Å². The number of rotatable bonds is 8. The first-order valence-electron chi connectivity index (χ1n) is 13.8. The zero-order chi connectivity index (χ0) is 31.3. The first-order valence-corrected chi connectivity index (χ1v) is 13.8. The maximum absolute atomic E-state index is 15.0. The van der Waals surface area contributed by atoms with E-state index in [2.05, 4.69) is 10.3 Å². The number of amides is 2. The molecule has 0 radical (unpaired) electrons. The van der Waals surface area contributed by atoms with E-state index in [1.165, 1.54) is 23.2 Å². The lowest BCUT2D eigenvalue weighted by Crippen LogP contribution is -2.47. The Hall–Kier alpha value is -4.03. The van der Waals surface area contributed by atoms with Crippen LogP contribution in [0, 0.1) is 23.3 Å². The molecule has 1 aliphatic heterocycles. The van der Waals surface area contributed by atoms with Crippen molar-refractivity contribution in [1.82, 2.24) is 9.88 Å². The maximum Gasteiger partial charge on any atom is 0.410 e. The molecule has 12 heteroatoms. The van der Waals surface area contributed by atoms with Crippen molar-refractivity contribution in [3.8, 4) is 0 Å². The van der Waals surface area contributed by atoms with Crippen LogP contribution in [0.2, 0.25) is 0 Å². The fourth-order valence-electron chi connectivity index (χ4n) is 4.91. The number of hydrogen-bond donors (Lipinski definition) is 2. The number of morpholine rings is 1. The molecule has 4 rings (SSSR count). The molecule has 2 heterocycles. The van der Waals surface area contributed by atoms with Gasteiger partial charge in [-0.3, -0.25) is 9.78 Å². The second kappa shape index (κ2) is 13.5. The number of benzene rings is 2. The summed E-state index contributed by atoms with van der Waals surface area (Å²) in [5, 5.41) is 2.60. The second-order valence-corrected chi connectivity index (χ2v) is 11.4. The highest BCUT2D eigenvalue weighted by atomic mass is 19.1. The predicted molar refractivity (Wildman–Crippen MR) is 151 cm³/mol. The molecular weight excluding hydrogens is 568 g/mol. The van der Waals surface area contributed by atoms with Crippen molar-refractivity contribution in [3.05, 3.63) is 94.8 Å². The molecule has 1 fully saturated rings. The van der Waals surface area contributed by atoms with E-state index in [0.717, 1.165) is 30.5 Å². The van der Waals surface area contributed by atoms with Gasteiger partial charge in [-0.2, -0.15) is 0 Å². The normalized spacial score (nSPS) is 16.8. The van der Waals surface area contributed by atoms with E-state index in [1.54, 1.807) is 20.8 Å². The summed E-state index contributed by atoms with van der Waals surface area (Å²) in [5.41, 5.74) is 6.30. The van der Waals surface area contributed by atoms with E-state index in [-0.39, 0.29) is 36.4 Å². The first-order chi connectivity index (χ1) is 20.3. The van der Waals surface area contributed by atoms with Crippen molar-refractivity contribution in [3.63, 3.8) is 0 Å². The summed E-state index contributed by atoms with van der Waals surface area (Å²) in [6.07, 6.45) is 1.85. The van der Waals surface area contributed by atoms with Crippen molar-refractivity contribution in [2.24, 2.45) is 5.73 Å². The van der Waals surface area contributed by atoms with Crippen molar-refractivity contribution >= 4 is 17.7 Å². The zero-order valence-electron chi connectivity index (χ0n) is 24.1. The van der Waals surface area contributed by atoms with Gasteiger partial charge in [-0.1, -0.05) is 12.1 Å². The minimum Gasteiger partial charge on any atom is -0.444 e. The Morgan fingerprint density at radius 3 is 2.37 bits per heavy atom. The number of carbonyl (C=O) groups excluding carboxylic acids is 2. The average molecular weight is 603 g/mol. The number of anilines is 1. The van der Waals surface area contributed by atoms with Crippen LogP contribution < -0.4 is 11.1 Å². The minimum absolute atomic E-state index is 0.0588. The number of halogens is 4. The largest absolute Gasteiger partial charge is 0.444 e. The van der Waals surface area contributed by atoms with E-state index in [0.29, 0.717) is 24.6 Å². The Kier molecular flexibility index (Phi) is 10.0. The third kappa shape index (κ3) is 8.51. The molecule has 43 heavy (non-hydrogen) atoms. The molecule has 1 aliphatic rings. The Bertz CT molecular complexity index is 1430. The zero-order valence-corrected chi connectivity index (χ0v) is 24.1. The molecule has 2 amide bonds. The molecule has 0 aliphatic carbocycles. The fourth-order valence-corrected chi connectivity index (χ4v) is 4.91. The topological polar surface area (TPSA) is 107 Å². The van der Waals surface area contributed by atoms with Gasteiger partial charge in [0.1, 0.15) is 28.9 Å². The van der Waals surface area contributed by atoms with E-state index in [4.69, 9.17) is 15.2 Å². The van der Waals surface area contributed by atoms with E-state index < -0.39 is 58.9 Å². The Labute approximate surface area is 247 Å². The van der Waals surface area contributed by atoms with Gasteiger partial charge < -0.3 is 25.4 Å². The number of ether oxygens (including phenoxy) is 2. The Morgan fingerprint density at radius 2 is 1.72 bits per heavy atom. The molecule has 3 N–H and O–H groups in total. The third-order valence-electron chi connectivity index (χ3n) is 6.90. The molecule has 0 unspecified atom stereocenters. The van der Waals surface area contributed by atoms with Crippen molar-refractivity contribution < 1.29 is 36.6 Å². The number of aromatic nitrogens is 1. The third-order valence-corrected chi connectivity index (χ3v) is 6.90. The Morgan fingerprint density at radius 1 is 1.05 bits per heavy atom. The van der Waals surface area contributed by atoms with Crippen LogP contribution >= 0.6 is 0 Å². The van der Waals surface area contributed by atoms with Gasteiger partial charge in [-0.25, -0.2) is 22.4 Å². The molecule has 3 aromatic rings. The maximum atomic E-state index is 15.0. The molecule has 1 aromatic heterocycles. The van der Waals surface area contributed by atoms with Gasteiger partial charge in [0.05, 0.1) is 43.4 Å². The lowest BCUT2D eigenvalue weighted by molar-refractivity contribution is -0.117. The number of pyridine rings is 1. The summed E-state index contributed by atoms with van der Waals surface area (Å²) in [7, 11) is 0. The molecule has 8 nitrogen and oxygen atoms in total. The quantitative estimate of drug-likeness (QED) is 0.339. The molecule has 3 atom stereocenters. The first kappa shape index (κ1) is 31.9. The van der Waals surface area contributed by atoms with Gasteiger partial charge in [0.25, 0.3) is 0 Å². The second-order valence-electron chi connectivity index (χ2n) is 11.4. The lowest BCUT2D eigenvalue weighted by atomic mass is 9.84. The van der Waals surface area contributed by atoms with Gasteiger partial charge in [0.2, 0.25) is 5.91 Å². The summed E-state index contributed by atoms with van der Waals surface area (Å²) in [6, 6.07) is 6.40. The Balaban J connectivity index is 1.51. The number of nitrogens with zero attached hydrogens (tertiary/aromatic N) is 2. The van der Waals surface area contributed by atoms with Crippen LogP contribution in [-0.4, -0.2) is 59.3 Å². The van der Waals surface area contributed by atoms with Crippen LogP contribution in [0.5, 0.6) is 0 Å². The van der Waals surface area contributed by atoms with Gasteiger partial charge in [0.15, 0.2) is 0 Å². The molecule has 0 spiro atoms. The lowest BCUT2D eigenvalue weighted by Gasteiger charge is -2.34. The molecule has 2 aromatic carbocycles. The van der Waals surface area contributed by atoms with Crippen LogP contribution in [0.15, 0.2) is 54.9 Å². The van der Waals surface area contributed by atoms with Crippen molar-refractivity contribution in [2.45, 2.75) is 57.3 Å². The molecule has 0 saturated carbocycles. The molecule has 0 bridgehead atoms. The number of nitrogens with one attached hydrogen (secondary N) is 1. The number of nitrogens with two attached hydrogens (primary N) is 1. The predicted octanol–water partition coefficient (Wildman–Crippen LogP) is 5.30. The van der Waals surface area contributed by atoms with E-state index >= 15 is 0 Å². The fraction of sp³-hybridized carbons (Fsp3) is 0.387. The standard InChI is InChI=1S/C31H34F4N4O4/c1-31(2,3)43-30(41)39-10-11-42-23(17-39)8-9-24-25(35)15-37-16-26(24)38-29(40)28(36)27(18-4-6-20(32)7-5-18)19-12-21(33)14-22(34)13-19/h4-7,12-16,23,27-28H,8-11,17,36H2,1-3H3,(H,38,40)/t23-,27+,28+/m1/s1. The monoisotopic (exact) mass is 602 g/mol. The number of hydrogen-bond acceptors (Lipinski definition) is 6. The highest BCUT2D eigenvalue weighted by Crippen LogP contribution is 2.30. The molecule has 1 saturated heterocycles. The van der Waals surface area contributed by atoms with Crippen molar-refractivity contribution in [1.29, 1.82) is 0 Å². The van der Waals surface area contributed by atoms with Crippen molar-refractivity contribution in [2.75, 3.05) is 25.0 Å². The molecule has 230 valence electrons. The SMILES string of the molecule is CC(C)(C)OC(=O)N1CCO[C@H](CCc2c(F)cncc2NC(=O)[C@@H](N)[C@@H](c2ccc(F)cc2)c2cc(F)cc(F)c2)C1. The minimum atomic E-state index is -1.41. The van der Waals surface area contributed by atoms with Gasteiger partial charge in [0, 0.05) is 24.1 Å². The highest BCUT2D eigenvalue weighted by molar-refractivity contribution is 5.96. The van der Waals surface area contributed by atoms with Crippen LogP contribution in [0.3, 0.4) is 0 Å². The average Bonchev–Trinajstić information content (AvgIpc) is 2.92. The van der Waals surface area contributed by atoms with E-state index in [1.807, 2.05) is 0 Å². The van der Waals surface area contributed by atoms with Gasteiger partial charge in [-0.15, -0.1) is 0 Å². The van der Waals surface area contributed by atoms with Gasteiger partial charge in [-0.05, 0) is 69.0 Å². The van der Waals surface area contributed by atoms with Gasteiger partial charge >= 0.3 is 6.09 Å². The summed E-state index contributed by atoms with van der Waals surface area (Å²) >= 11 is 0. The smallest absolute Gasteiger partial charge is 0.410 e. The highest BCUT2D eigenvalue weighted by Gasteiger charge is 2.31. The van der Waals surface area contributed by atoms with Crippen LogP contribution in [0.4, 0.5) is 28.0 Å². The van der Waals surface area contributed by atoms with Crippen LogP contribution in [-0.2, 0) is 20.7 Å². The summed E-state index contributed by atoms with van der Waals surface area (Å²) in [4.78, 5) is 31.3. The summed E-state index contributed by atoms with van der Waals surface area (Å²) in [5.74, 6) is -4.81.